The third-order valence-electron chi connectivity index (χ3n) is 2.03. The fourth-order valence-electron chi connectivity index (χ4n) is 1.28. The van der Waals surface area contributed by atoms with E-state index >= 15 is 0 Å². The Morgan fingerprint density at radius 2 is 2.25 bits per heavy atom. The second-order valence-electron chi connectivity index (χ2n) is 3.24. The Bertz CT molecular complexity index is 406. The Hall–Kier alpha value is -0.470. The molecule has 0 aromatic carbocycles. The van der Waals surface area contributed by atoms with Crippen LogP contribution < -0.4 is 5.56 Å². The molecule has 0 bridgehead atoms. The lowest BCUT2D eigenvalue weighted by atomic mass is 10.3. The Labute approximate surface area is 108 Å². The van der Waals surface area contributed by atoms with E-state index in [1.54, 1.807) is 7.11 Å². The minimum Gasteiger partial charge on any atom is -0.378 e. The van der Waals surface area contributed by atoms with Crippen molar-refractivity contribution in [3.63, 3.8) is 0 Å². The normalized spacial score (nSPS) is 12.8. The average molecular weight is 338 g/mol. The van der Waals surface area contributed by atoms with Crippen molar-refractivity contribution in [3.8, 4) is 0 Å². The van der Waals surface area contributed by atoms with E-state index in [2.05, 4.69) is 9.97 Å². The summed E-state index contributed by atoms with van der Waals surface area (Å²) in [7, 11) is 1.57. The molecule has 0 saturated heterocycles. The molecule has 0 radical (unpaired) electrons. The SMILES string of the molecule is CCOC(C)c1nc(COC)c(I)c(=O)[nH]1. The van der Waals surface area contributed by atoms with Crippen molar-refractivity contribution in [2.75, 3.05) is 13.7 Å². The maximum atomic E-state index is 11.6. The molecule has 0 fully saturated rings. The third-order valence-corrected chi connectivity index (χ3v) is 3.15. The van der Waals surface area contributed by atoms with Gasteiger partial charge in [-0.05, 0) is 36.4 Å². The maximum Gasteiger partial charge on any atom is 0.264 e. The summed E-state index contributed by atoms with van der Waals surface area (Å²) in [5.41, 5.74) is 0.498. The largest absolute Gasteiger partial charge is 0.378 e. The molecule has 1 rings (SSSR count). The van der Waals surface area contributed by atoms with Gasteiger partial charge < -0.3 is 14.5 Å². The Morgan fingerprint density at radius 3 is 2.81 bits per heavy atom. The van der Waals surface area contributed by atoms with Crippen LogP contribution in [0, 0.1) is 3.57 Å². The lowest BCUT2D eigenvalue weighted by molar-refractivity contribution is 0.0692. The third kappa shape index (κ3) is 3.26. The summed E-state index contributed by atoms with van der Waals surface area (Å²) >= 11 is 1.96. The van der Waals surface area contributed by atoms with Crippen LogP contribution in [0.4, 0.5) is 0 Å². The predicted molar refractivity (Wildman–Crippen MR) is 68.3 cm³/mol. The van der Waals surface area contributed by atoms with E-state index < -0.39 is 0 Å². The highest BCUT2D eigenvalue weighted by Gasteiger charge is 2.13. The molecule has 0 spiro atoms. The summed E-state index contributed by atoms with van der Waals surface area (Å²) < 4.78 is 10.9. The van der Waals surface area contributed by atoms with Crippen LogP contribution >= 0.6 is 22.6 Å². The quantitative estimate of drug-likeness (QED) is 0.829. The average Bonchev–Trinajstić information content (AvgIpc) is 2.25. The first-order valence-corrected chi connectivity index (χ1v) is 6.07. The van der Waals surface area contributed by atoms with Gasteiger partial charge in [0.25, 0.3) is 5.56 Å². The van der Waals surface area contributed by atoms with Crippen LogP contribution in [-0.2, 0) is 16.1 Å². The van der Waals surface area contributed by atoms with E-state index in [1.165, 1.54) is 0 Å². The highest BCUT2D eigenvalue weighted by atomic mass is 127. The standard InChI is InChI=1S/C10H15IN2O3/c1-4-16-6(2)9-12-7(5-15-3)8(11)10(14)13-9/h6H,4-5H2,1-3H3,(H,12,13,14). The van der Waals surface area contributed by atoms with Crippen LogP contribution in [0.2, 0.25) is 0 Å². The molecule has 1 aromatic heterocycles. The van der Waals surface area contributed by atoms with Gasteiger partial charge in [0, 0.05) is 13.7 Å². The Balaban J connectivity index is 3.08. The van der Waals surface area contributed by atoms with Crippen molar-refractivity contribution in [1.82, 2.24) is 9.97 Å². The van der Waals surface area contributed by atoms with Gasteiger partial charge in [0.1, 0.15) is 15.5 Å². The fraction of sp³-hybridized carbons (Fsp3) is 0.600. The van der Waals surface area contributed by atoms with E-state index in [9.17, 15) is 4.79 Å². The zero-order chi connectivity index (χ0) is 12.1. The van der Waals surface area contributed by atoms with Gasteiger partial charge in [-0.15, -0.1) is 0 Å². The first kappa shape index (κ1) is 13.6. The van der Waals surface area contributed by atoms with E-state index in [-0.39, 0.29) is 11.7 Å². The number of aromatic amines is 1. The van der Waals surface area contributed by atoms with Crippen molar-refractivity contribution in [2.24, 2.45) is 0 Å². The second kappa shape index (κ2) is 6.31. The number of nitrogens with one attached hydrogen (secondary N) is 1. The van der Waals surface area contributed by atoms with Crippen LogP contribution in [0.15, 0.2) is 4.79 Å². The molecular formula is C10H15IN2O3. The number of hydrogen-bond donors (Lipinski definition) is 1. The van der Waals surface area contributed by atoms with Crippen LogP contribution in [-0.4, -0.2) is 23.7 Å². The lowest BCUT2D eigenvalue weighted by Gasteiger charge is -2.12. The molecule has 1 unspecified atom stereocenters. The van der Waals surface area contributed by atoms with Crippen molar-refractivity contribution < 1.29 is 9.47 Å². The number of hydrogen-bond acceptors (Lipinski definition) is 4. The molecule has 0 aliphatic heterocycles. The van der Waals surface area contributed by atoms with Gasteiger partial charge in [0.2, 0.25) is 0 Å². The van der Waals surface area contributed by atoms with Gasteiger partial charge in [-0.25, -0.2) is 4.98 Å². The van der Waals surface area contributed by atoms with Crippen LogP contribution in [0.5, 0.6) is 0 Å². The van der Waals surface area contributed by atoms with Crippen LogP contribution in [0.1, 0.15) is 31.5 Å². The van der Waals surface area contributed by atoms with Gasteiger partial charge in [-0.1, -0.05) is 0 Å². The topological polar surface area (TPSA) is 64.2 Å². The maximum absolute atomic E-state index is 11.6. The van der Waals surface area contributed by atoms with Gasteiger partial charge in [-0.3, -0.25) is 4.79 Å². The lowest BCUT2D eigenvalue weighted by Crippen LogP contribution is -2.20. The first-order valence-electron chi connectivity index (χ1n) is 4.99. The van der Waals surface area contributed by atoms with Gasteiger partial charge in [0.05, 0.1) is 12.3 Å². The van der Waals surface area contributed by atoms with E-state index in [4.69, 9.17) is 9.47 Å². The zero-order valence-electron chi connectivity index (χ0n) is 9.54. The molecule has 90 valence electrons. The minimum atomic E-state index is -0.217. The highest BCUT2D eigenvalue weighted by molar-refractivity contribution is 14.1. The fourth-order valence-corrected chi connectivity index (χ4v) is 1.69. The van der Waals surface area contributed by atoms with Crippen molar-refractivity contribution in [3.05, 3.63) is 25.4 Å². The molecule has 1 N–H and O–H groups in total. The smallest absolute Gasteiger partial charge is 0.264 e. The molecule has 1 heterocycles. The number of H-pyrrole nitrogens is 1. The molecule has 1 atom stereocenters. The minimum absolute atomic E-state index is 0.149. The van der Waals surface area contributed by atoms with E-state index in [1.807, 2.05) is 36.4 Å². The van der Waals surface area contributed by atoms with E-state index in [0.717, 1.165) is 0 Å². The van der Waals surface area contributed by atoms with Crippen LogP contribution in [0.25, 0.3) is 0 Å². The van der Waals surface area contributed by atoms with Crippen molar-refractivity contribution in [1.29, 1.82) is 0 Å². The second-order valence-corrected chi connectivity index (χ2v) is 4.32. The van der Waals surface area contributed by atoms with Gasteiger partial charge in [-0.2, -0.15) is 0 Å². The summed E-state index contributed by atoms with van der Waals surface area (Å²) in [6.45, 7) is 4.66. The molecule has 0 amide bonds. The monoisotopic (exact) mass is 338 g/mol. The van der Waals surface area contributed by atoms with Gasteiger partial charge >= 0.3 is 0 Å². The predicted octanol–water partition coefficient (Wildman–Crippen LogP) is 1.62. The Morgan fingerprint density at radius 1 is 1.56 bits per heavy atom. The zero-order valence-corrected chi connectivity index (χ0v) is 11.7. The number of rotatable bonds is 5. The van der Waals surface area contributed by atoms with Crippen molar-refractivity contribution in [2.45, 2.75) is 26.6 Å². The Kier molecular flexibility index (Phi) is 5.36. The highest BCUT2D eigenvalue weighted by Crippen LogP contribution is 2.13. The summed E-state index contributed by atoms with van der Waals surface area (Å²) in [4.78, 5) is 18.7. The van der Waals surface area contributed by atoms with Crippen LogP contribution in [0.3, 0.4) is 0 Å². The number of ether oxygens (including phenoxy) is 2. The molecule has 1 aromatic rings. The summed E-state index contributed by atoms with van der Waals surface area (Å²) in [5, 5.41) is 0. The number of methoxy groups -OCH3 is 1. The first-order chi connectivity index (χ1) is 7.60. The molecular weight excluding hydrogens is 323 g/mol. The summed E-state index contributed by atoms with van der Waals surface area (Å²) in [5.74, 6) is 0.541. The molecule has 0 aliphatic carbocycles. The molecule has 6 heteroatoms. The van der Waals surface area contributed by atoms with Gasteiger partial charge in [0.15, 0.2) is 0 Å². The summed E-state index contributed by atoms with van der Waals surface area (Å²) in [6.07, 6.45) is -0.217. The molecule has 5 nitrogen and oxygen atoms in total. The molecule has 16 heavy (non-hydrogen) atoms. The molecule has 0 aliphatic rings. The number of nitrogens with zero attached hydrogens (tertiary/aromatic N) is 1. The molecule has 0 saturated carbocycles. The number of aromatic nitrogens is 2. The number of halogens is 1. The summed E-state index contributed by atoms with van der Waals surface area (Å²) in [6, 6.07) is 0. The van der Waals surface area contributed by atoms with Crippen molar-refractivity contribution >= 4 is 22.6 Å². The van der Waals surface area contributed by atoms with E-state index in [0.29, 0.717) is 28.3 Å².